The Bertz CT molecular complexity index is 489. The molecule has 0 heterocycles. The van der Waals surface area contributed by atoms with Crippen molar-refractivity contribution >= 4 is 24.2 Å². The molecule has 0 aromatic heterocycles. The second-order valence-corrected chi connectivity index (χ2v) is 5.72. The molecule has 1 rings (SSSR count). The van der Waals surface area contributed by atoms with Crippen LogP contribution in [-0.2, 0) is 16.1 Å². The summed E-state index contributed by atoms with van der Waals surface area (Å²) in [5.74, 6) is -0.382. The third-order valence-corrected chi connectivity index (χ3v) is 3.40. The predicted octanol–water partition coefficient (Wildman–Crippen LogP) is 1.47. The largest absolute Gasteiger partial charge is 0.346 e. The molecule has 0 aliphatic heterocycles. The van der Waals surface area contributed by atoms with E-state index < -0.39 is 6.04 Å². The third-order valence-electron chi connectivity index (χ3n) is 3.40. The molecular formula is C16H26ClN3O2. The summed E-state index contributed by atoms with van der Waals surface area (Å²) in [5.41, 5.74) is 7.96. The Morgan fingerprint density at radius 3 is 2.27 bits per heavy atom. The maximum Gasteiger partial charge on any atom is 0.242 e. The lowest BCUT2D eigenvalue weighted by Crippen LogP contribution is -2.47. The first kappa shape index (κ1) is 20.4. The predicted molar refractivity (Wildman–Crippen MR) is 90.7 cm³/mol. The van der Waals surface area contributed by atoms with E-state index in [0.29, 0.717) is 6.54 Å². The van der Waals surface area contributed by atoms with Crippen LogP contribution in [0.2, 0.25) is 0 Å². The number of hydrogen-bond acceptors (Lipinski definition) is 3. The van der Waals surface area contributed by atoms with Crippen molar-refractivity contribution in [3.63, 3.8) is 0 Å². The van der Waals surface area contributed by atoms with Crippen molar-refractivity contribution in [2.45, 2.75) is 33.4 Å². The van der Waals surface area contributed by atoms with Gasteiger partial charge in [0.1, 0.15) is 0 Å². The van der Waals surface area contributed by atoms with Crippen molar-refractivity contribution in [3.05, 3.63) is 35.4 Å². The molecule has 0 unspecified atom stereocenters. The van der Waals surface area contributed by atoms with Gasteiger partial charge in [-0.1, -0.05) is 43.7 Å². The van der Waals surface area contributed by atoms with Gasteiger partial charge in [-0.05, 0) is 18.4 Å². The van der Waals surface area contributed by atoms with Gasteiger partial charge < -0.3 is 16.0 Å². The minimum atomic E-state index is -0.583. The molecule has 0 fully saturated rings. The number of likely N-dealkylation sites (N-methyl/N-ethyl adjacent to an activating group) is 1. The number of rotatable bonds is 6. The van der Waals surface area contributed by atoms with Crippen molar-refractivity contribution in [3.8, 4) is 0 Å². The number of aryl methyl sites for hydroxylation is 1. The van der Waals surface area contributed by atoms with Crippen LogP contribution in [0.5, 0.6) is 0 Å². The first-order chi connectivity index (χ1) is 9.81. The smallest absolute Gasteiger partial charge is 0.242 e. The number of benzene rings is 1. The van der Waals surface area contributed by atoms with E-state index in [1.54, 1.807) is 11.9 Å². The lowest BCUT2D eigenvalue weighted by molar-refractivity contribution is -0.132. The molecule has 2 amide bonds. The van der Waals surface area contributed by atoms with Crippen LogP contribution < -0.4 is 11.1 Å². The Hall–Kier alpha value is -1.59. The zero-order chi connectivity index (χ0) is 16.0. The molecule has 0 spiro atoms. The highest BCUT2D eigenvalue weighted by Gasteiger charge is 2.18. The molecule has 0 saturated carbocycles. The summed E-state index contributed by atoms with van der Waals surface area (Å²) in [6.45, 7) is 6.25. The molecule has 1 aromatic rings. The van der Waals surface area contributed by atoms with Gasteiger partial charge in [0.15, 0.2) is 0 Å². The van der Waals surface area contributed by atoms with E-state index in [9.17, 15) is 9.59 Å². The first-order valence-electron chi connectivity index (χ1n) is 7.14. The summed E-state index contributed by atoms with van der Waals surface area (Å²) in [5, 5.41) is 2.58. The van der Waals surface area contributed by atoms with Crippen LogP contribution in [0.4, 0.5) is 0 Å². The summed E-state index contributed by atoms with van der Waals surface area (Å²) in [4.78, 5) is 25.3. The highest BCUT2D eigenvalue weighted by Crippen LogP contribution is 2.06. The quantitative estimate of drug-likeness (QED) is 0.831. The van der Waals surface area contributed by atoms with Crippen molar-refractivity contribution in [2.24, 2.45) is 11.7 Å². The molecule has 124 valence electrons. The number of carbonyl (C=O) groups excluding carboxylic acids is 2. The third kappa shape index (κ3) is 6.45. The molecule has 0 bridgehead atoms. The van der Waals surface area contributed by atoms with Crippen LogP contribution in [0.15, 0.2) is 24.3 Å². The zero-order valence-corrected chi connectivity index (χ0v) is 14.4. The minimum Gasteiger partial charge on any atom is -0.346 e. The molecule has 1 atom stereocenters. The Morgan fingerprint density at radius 2 is 1.77 bits per heavy atom. The highest BCUT2D eigenvalue weighted by atomic mass is 35.5. The van der Waals surface area contributed by atoms with E-state index in [1.165, 1.54) is 5.56 Å². The minimum absolute atomic E-state index is 0. The SMILES string of the molecule is Cc1ccc(CN(C)C(=O)CNC(=O)[C@@H](N)C(C)C)cc1.Cl. The van der Waals surface area contributed by atoms with E-state index in [4.69, 9.17) is 5.73 Å². The average Bonchev–Trinajstić information content (AvgIpc) is 2.45. The van der Waals surface area contributed by atoms with E-state index in [-0.39, 0.29) is 36.7 Å². The van der Waals surface area contributed by atoms with Gasteiger partial charge in [0.25, 0.3) is 0 Å². The summed E-state index contributed by atoms with van der Waals surface area (Å²) in [6.07, 6.45) is 0. The second-order valence-electron chi connectivity index (χ2n) is 5.72. The van der Waals surface area contributed by atoms with Gasteiger partial charge in [-0.3, -0.25) is 9.59 Å². The molecular weight excluding hydrogens is 302 g/mol. The van der Waals surface area contributed by atoms with E-state index in [1.807, 2.05) is 45.0 Å². The van der Waals surface area contributed by atoms with Gasteiger partial charge in [0, 0.05) is 13.6 Å². The molecule has 22 heavy (non-hydrogen) atoms. The Balaban J connectivity index is 0.00000441. The number of halogens is 1. The molecule has 0 saturated heterocycles. The van der Waals surface area contributed by atoms with Crippen LogP contribution in [0, 0.1) is 12.8 Å². The first-order valence-corrected chi connectivity index (χ1v) is 7.14. The molecule has 1 aromatic carbocycles. The Labute approximate surface area is 138 Å². The monoisotopic (exact) mass is 327 g/mol. The van der Waals surface area contributed by atoms with Crippen molar-refractivity contribution in [1.82, 2.24) is 10.2 Å². The number of amides is 2. The average molecular weight is 328 g/mol. The van der Waals surface area contributed by atoms with Crippen LogP contribution >= 0.6 is 12.4 Å². The summed E-state index contributed by atoms with van der Waals surface area (Å²) >= 11 is 0. The van der Waals surface area contributed by atoms with Gasteiger partial charge in [0.2, 0.25) is 11.8 Å². The van der Waals surface area contributed by atoms with Crippen LogP contribution in [-0.4, -0.2) is 36.3 Å². The topological polar surface area (TPSA) is 75.4 Å². The van der Waals surface area contributed by atoms with Crippen LogP contribution in [0.3, 0.4) is 0 Å². The van der Waals surface area contributed by atoms with E-state index in [2.05, 4.69) is 5.32 Å². The number of nitrogens with one attached hydrogen (secondary N) is 1. The van der Waals surface area contributed by atoms with Gasteiger partial charge >= 0.3 is 0 Å². The number of nitrogens with two attached hydrogens (primary N) is 1. The van der Waals surface area contributed by atoms with Gasteiger partial charge in [-0.15, -0.1) is 12.4 Å². The number of hydrogen-bond donors (Lipinski definition) is 2. The van der Waals surface area contributed by atoms with E-state index in [0.717, 1.165) is 5.56 Å². The van der Waals surface area contributed by atoms with Crippen molar-refractivity contribution in [2.75, 3.05) is 13.6 Å². The molecule has 0 radical (unpaired) electrons. The number of nitrogens with zero attached hydrogens (tertiary/aromatic N) is 1. The summed E-state index contributed by atoms with van der Waals surface area (Å²) in [6, 6.07) is 7.42. The highest BCUT2D eigenvalue weighted by molar-refractivity contribution is 5.87. The lowest BCUT2D eigenvalue weighted by atomic mass is 10.1. The fourth-order valence-corrected chi connectivity index (χ4v) is 1.77. The number of carbonyl (C=O) groups is 2. The van der Waals surface area contributed by atoms with Gasteiger partial charge in [0.05, 0.1) is 12.6 Å². The molecule has 6 heteroatoms. The normalized spacial score (nSPS) is 11.5. The van der Waals surface area contributed by atoms with Crippen molar-refractivity contribution < 1.29 is 9.59 Å². The second kappa shape index (κ2) is 9.43. The Kier molecular flexibility index (Phi) is 8.75. The molecule has 0 aliphatic carbocycles. The molecule has 3 N–H and O–H groups in total. The van der Waals surface area contributed by atoms with Crippen LogP contribution in [0.1, 0.15) is 25.0 Å². The molecule has 0 aliphatic rings. The lowest BCUT2D eigenvalue weighted by Gasteiger charge is -2.19. The maximum atomic E-state index is 12.0. The van der Waals surface area contributed by atoms with E-state index >= 15 is 0 Å². The molecule has 5 nitrogen and oxygen atoms in total. The maximum absolute atomic E-state index is 12.0. The zero-order valence-electron chi connectivity index (χ0n) is 13.6. The summed E-state index contributed by atoms with van der Waals surface area (Å²) in [7, 11) is 1.72. The van der Waals surface area contributed by atoms with Crippen LogP contribution in [0.25, 0.3) is 0 Å². The van der Waals surface area contributed by atoms with Gasteiger partial charge in [-0.2, -0.15) is 0 Å². The van der Waals surface area contributed by atoms with Gasteiger partial charge in [-0.25, -0.2) is 0 Å². The Morgan fingerprint density at radius 1 is 1.23 bits per heavy atom. The fourth-order valence-electron chi connectivity index (χ4n) is 1.77. The van der Waals surface area contributed by atoms with Crippen molar-refractivity contribution in [1.29, 1.82) is 0 Å². The standard InChI is InChI=1S/C16H25N3O2.ClH/c1-11(2)15(17)16(21)18-9-14(20)19(4)10-13-7-5-12(3)6-8-13;/h5-8,11,15H,9-10,17H2,1-4H3,(H,18,21);1H/t15-;/m0./s1. The fraction of sp³-hybridized carbons (Fsp3) is 0.500. The summed E-state index contributed by atoms with van der Waals surface area (Å²) < 4.78 is 0.